The van der Waals surface area contributed by atoms with Crippen molar-refractivity contribution in [3.8, 4) is 17.0 Å². The number of anilines is 1. The zero-order valence-electron chi connectivity index (χ0n) is 18.3. The van der Waals surface area contributed by atoms with E-state index in [1.807, 2.05) is 11.4 Å². The van der Waals surface area contributed by atoms with Crippen LogP contribution in [0.5, 0.6) is 5.75 Å². The van der Waals surface area contributed by atoms with E-state index in [2.05, 4.69) is 46.5 Å². The SMILES string of the molecule is Cc1ccc(-c2csc(NC(=O)CSc3nnc(COc4ccc(F)cc4)n3C)n2)cc1C. The maximum Gasteiger partial charge on any atom is 0.236 e. The van der Waals surface area contributed by atoms with Gasteiger partial charge in [-0.2, -0.15) is 0 Å². The van der Waals surface area contributed by atoms with Crippen LogP contribution in [0.25, 0.3) is 11.3 Å². The summed E-state index contributed by atoms with van der Waals surface area (Å²) in [5, 5.41) is 14.2. The fourth-order valence-electron chi connectivity index (χ4n) is 2.93. The summed E-state index contributed by atoms with van der Waals surface area (Å²) in [7, 11) is 1.81. The van der Waals surface area contributed by atoms with Gasteiger partial charge in [0, 0.05) is 18.0 Å². The Bertz CT molecular complexity index is 1270. The van der Waals surface area contributed by atoms with Gasteiger partial charge in [0.1, 0.15) is 18.2 Å². The number of amides is 1. The number of halogens is 1. The smallest absolute Gasteiger partial charge is 0.236 e. The third-order valence-electron chi connectivity index (χ3n) is 4.99. The molecule has 0 aliphatic rings. The molecule has 1 N–H and O–H groups in total. The van der Waals surface area contributed by atoms with Crippen molar-refractivity contribution < 1.29 is 13.9 Å². The van der Waals surface area contributed by atoms with Crippen LogP contribution in [0, 0.1) is 19.7 Å². The van der Waals surface area contributed by atoms with Crippen molar-refractivity contribution in [1.82, 2.24) is 19.7 Å². The summed E-state index contributed by atoms with van der Waals surface area (Å²) in [6.45, 7) is 4.32. The fourth-order valence-corrected chi connectivity index (χ4v) is 4.39. The number of hydrogen-bond acceptors (Lipinski definition) is 7. The summed E-state index contributed by atoms with van der Waals surface area (Å²) >= 11 is 2.67. The minimum atomic E-state index is -0.322. The molecule has 0 unspecified atom stereocenters. The molecule has 0 aliphatic heterocycles. The van der Waals surface area contributed by atoms with E-state index >= 15 is 0 Å². The van der Waals surface area contributed by atoms with Gasteiger partial charge in [0.15, 0.2) is 16.1 Å². The molecule has 1 amide bonds. The molecule has 0 radical (unpaired) electrons. The Labute approximate surface area is 199 Å². The topological polar surface area (TPSA) is 81.9 Å². The van der Waals surface area contributed by atoms with Crippen molar-refractivity contribution >= 4 is 34.1 Å². The second-order valence-electron chi connectivity index (χ2n) is 7.37. The van der Waals surface area contributed by atoms with Gasteiger partial charge in [-0.25, -0.2) is 9.37 Å². The number of nitrogens with zero attached hydrogens (tertiary/aromatic N) is 4. The molecule has 33 heavy (non-hydrogen) atoms. The molecule has 0 atom stereocenters. The fraction of sp³-hybridized carbons (Fsp3) is 0.217. The maximum absolute atomic E-state index is 13.0. The van der Waals surface area contributed by atoms with Gasteiger partial charge in [-0.15, -0.1) is 21.5 Å². The molecule has 4 rings (SSSR count). The minimum absolute atomic E-state index is 0.170. The molecule has 0 saturated carbocycles. The van der Waals surface area contributed by atoms with E-state index in [0.717, 1.165) is 11.3 Å². The van der Waals surface area contributed by atoms with Crippen LogP contribution in [0.15, 0.2) is 53.0 Å². The molecule has 7 nitrogen and oxygen atoms in total. The highest BCUT2D eigenvalue weighted by molar-refractivity contribution is 7.99. The molecule has 0 spiro atoms. The molecular formula is C23H22FN5O2S2. The zero-order chi connectivity index (χ0) is 23.4. The van der Waals surface area contributed by atoms with Crippen molar-refractivity contribution in [2.45, 2.75) is 25.6 Å². The van der Waals surface area contributed by atoms with E-state index in [0.29, 0.717) is 21.9 Å². The largest absolute Gasteiger partial charge is 0.486 e. The monoisotopic (exact) mass is 483 g/mol. The second-order valence-corrected chi connectivity index (χ2v) is 9.17. The van der Waals surface area contributed by atoms with Gasteiger partial charge in [-0.05, 0) is 55.3 Å². The average molecular weight is 484 g/mol. The number of aromatic nitrogens is 4. The van der Waals surface area contributed by atoms with Crippen LogP contribution in [-0.4, -0.2) is 31.4 Å². The maximum atomic E-state index is 13.0. The number of aryl methyl sites for hydroxylation is 2. The molecule has 2 aromatic carbocycles. The summed E-state index contributed by atoms with van der Waals surface area (Å²) in [6.07, 6.45) is 0. The van der Waals surface area contributed by atoms with E-state index in [9.17, 15) is 9.18 Å². The zero-order valence-corrected chi connectivity index (χ0v) is 20.0. The van der Waals surface area contributed by atoms with Gasteiger partial charge in [0.2, 0.25) is 5.91 Å². The number of hydrogen-bond donors (Lipinski definition) is 1. The summed E-state index contributed by atoms with van der Waals surface area (Å²) in [4.78, 5) is 16.9. The standard InChI is InChI=1S/C23H22FN5O2S2/c1-14-4-5-16(10-15(14)2)19-12-32-22(25-19)26-21(30)13-33-23-28-27-20(29(23)3)11-31-18-8-6-17(24)7-9-18/h4-10,12H,11,13H2,1-3H3,(H,25,26,30). The van der Waals surface area contributed by atoms with Gasteiger partial charge < -0.3 is 14.6 Å². The molecule has 0 fully saturated rings. The van der Waals surface area contributed by atoms with Crippen molar-refractivity contribution in [2.24, 2.45) is 7.05 Å². The number of ether oxygens (including phenoxy) is 1. The summed E-state index contributed by atoms with van der Waals surface area (Å²) < 4.78 is 20.4. The highest BCUT2D eigenvalue weighted by Crippen LogP contribution is 2.27. The molecule has 2 aromatic heterocycles. The Morgan fingerprint density at radius 3 is 2.70 bits per heavy atom. The molecule has 4 aromatic rings. The van der Waals surface area contributed by atoms with Crippen LogP contribution in [0.2, 0.25) is 0 Å². The minimum Gasteiger partial charge on any atom is -0.486 e. The first-order valence-corrected chi connectivity index (χ1v) is 12.0. The molecular weight excluding hydrogens is 461 g/mol. The Morgan fingerprint density at radius 2 is 1.94 bits per heavy atom. The summed E-state index contributed by atoms with van der Waals surface area (Å²) in [5.74, 6) is 0.811. The quantitative estimate of drug-likeness (QED) is 0.355. The van der Waals surface area contributed by atoms with Crippen LogP contribution in [-0.2, 0) is 18.4 Å². The van der Waals surface area contributed by atoms with E-state index in [1.54, 1.807) is 23.7 Å². The molecule has 0 aliphatic carbocycles. The van der Waals surface area contributed by atoms with E-state index in [4.69, 9.17) is 4.74 Å². The van der Waals surface area contributed by atoms with Gasteiger partial charge in [0.25, 0.3) is 0 Å². The van der Waals surface area contributed by atoms with Gasteiger partial charge in [0.05, 0.1) is 11.4 Å². The lowest BCUT2D eigenvalue weighted by Gasteiger charge is -2.06. The highest BCUT2D eigenvalue weighted by Gasteiger charge is 2.14. The van der Waals surface area contributed by atoms with Gasteiger partial charge in [-0.3, -0.25) is 4.79 Å². The lowest BCUT2D eigenvalue weighted by Crippen LogP contribution is -2.14. The first kappa shape index (κ1) is 22.9. The number of thioether (sulfide) groups is 1. The Morgan fingerprint density at radius 1 is 1.15 bits per heavy atom. The average Bonchev–Trinajstić information content (AvgIpc) is 3.40. The predicted molar refractivity (Wildman–Crippen MR) is 128 cm³/mol. The van der Waals surface area contributed by atoms with E-state index in [-0.39, 0.29) is 24.1 Å². The van der Waals surface area contributed by atoms with Crippen molar-refractivity contribution in [3.63, 3.8) is 0 Å². The van der Waals surface area contributed by atoms with Gasteiger partial charge >= 0.3 is 0 Å². The normalized spacial score (nSPS) is 10.9. The predicted octanol–water partition coefficient (Wildman–Crippen LogP) is 5.00. The number of thiazole rings is 1. The van der Waals surface area contributed by atoms with Crippen LogP contribution < -0.4 is 10.1 Å². The molecule has 170 valence electrons. The Hall–Kier alpha value is -3.24. The van der Waals surface area contributed by atoms with Crippen molar-refractivity contribution in [2.75, 3.05) is 11.1 Å². The number of benzene rings is 2. The lowest BCUT2D eigenvalue weighted by atomic mass is 10.1. The molecule has 10 heteroatoms. The number of carbonyl (C=O) groups excluding carboxylic acids is 1. The molecule has 0 saturated heterocycles. The highest BCUT2D eigenvalue weighted by atomic mass is 32.2. The summed E-state index contributed by atoms with van der Waals surface area (Å²) in [6, 6.07) is 12.0. The number of nitrogens with one attached hydrogen (secondary N) is 1. The van der Waals surface area contributed by atoms with Crippen LogP contribution in [0.1, 0.15) is 17.0 Å². The third-order valence-corrected chi connectivity index (χ3v) is 6.77. The first-order chi connectivity index (χ1) is 15.9. The van der Waals surface area contributed by atoms with Crippen LogP contribution >= 0.6 is 23.1 Å². The Balaban J connectivity index is 1.30. The second kappa shape index (κ2) is 10.1. The van der Waals surface area contributed by atoms with E-state index < -0.39 is 0 Å². The lowest BCUT2D eigenvalue weighted by molar-refractivity contribution is -0.113. The van der Waals surface area contributed by atoms with Crippen LogP contribution in [0.3, 0.4) is 0 Å². The number of rotatable bonds is 8. The third kappa shape index (κ3) is 5.77. The van der Waals surface area contributed by atoms with Gasteiger partial charge in [-0.1, -0.05) is 23.9 Å². The first-order valence-electron chi connectivity index (χ1n) is 10.1. The van der Waals surface area contributed by atoms with E-state index in [1.165, 1.54) is 46.4 Å². The van der Waals surface area contributed by atoms with Crippen LogP contribution in [0.4, 0.5) is 9.52 Å². The molecule has 2 heterocycles. The summed E-state index contributed by atoms with van der Waals surface area (Å²) in [5.41, 5.74) is 4.30. The number of carbonyl (C=O) groups is 1. The van der Waals surface area contributed by atoms with Crippen molar-refractivity contribution in [1.29, 1.82) is 0 Å². The Kier molecular flexibility index (Phi) is 7.05. The molecule has 0 bridgehead atoms. The van der Waals surface area contributed by atoms with Crippen molar-refractivity contribution in [3.05, 3.63) is 70.6 Å².